The van der Waals surface area contributed by atoms with Crippen LogP contribution in [-0.2, 0) is 4.79 Å². The number of carboxylic acid groups (broad SMARTS) is 1. The van der Waals surface area contributed by atoms with Crippen molar-refractivity contribution in [2.24, 2.45) is 0 Å². The molecule has 1 N–H and O–H groups in total. The zero-order valence-electron chi connectivity index (χ0n) is 12.5. The summed E-state index contributed by atoms with van der Waals surface area (Å²) in [7, 11) is 0. The molecule has 2 rings (SSSR count). The summed E-state index contributed by atoms with van der Waals surface area (Å²) in [5, 5.41) is 9.19. The molecule has 1 atom stereocenters. The summed E-state index contributed by atoms with van der Waals surface area (Å²) in [4.78, 5) is 13.5. The number of likely N-dealkylation sites (tertiary alicyclic amines) is 1. The van der Waals surface area contributed by atoms with Gasteiger partial charge in [-0.3, -0.25) is 9.69 Å². The van der Waals surface area contributed by atoms with Crippen LogP contribution in [0.25, 0.3) is 0 Å². The van der Waals surface area contributed by atoms with Gasteiger partial charge in [0.2, 0.25) is 0 Å². The van der Waals surface area contributed by atoms with Crippen LogP contribution in [0.15, 0.2) is 24.3 Å². The maximum Gasteiger partial charge on any atom is 0.305 e. The van der Waals surface area contributed by atoms with Crippen LogP contribution in [0.4, 0.5) is 0 Å². The minimum absolute atomic E-state index is 0.0222. The molecule has 0 saturated carbocycles. The third-order valence-corrected chi connectivity index (χ3v) is 4.19. The zero-order valence-corrected chi connectivity index (χ0v) is 12.5. The van der Waals surface area contributed by atoms with Gasteiger partial charge in [-0.25, -0.2) is 0 Å². The minimum atomic E-state index is -0.714. The standard InChI is InChI=1S/C17H25NO2/c1-13(2)14-6-8-15(9-7-14)16(12-17(19)20)18-10-4-3-5-11-18/h6-9,13,16H,3-5,10-12H2,1-2H3,(H,19,20). The largest absolute Gasteiger partial charge is 0.481 e. The molecule has 1 aromatic rings. The lowest BCUT2D eigenvalue weighted by Crippen LogP contribution is -2.35. The molecule has 3 heteroatoms. The van der Waals surface area contributed by atoms with E-state index in [9.17, 15) is 9.90 Å². The Balaban J connectivity index is 2.18. The van der Waals surface area contributed by atoms with E-state index < -0.39 is 5.97 Å². The second-order valence-electron chi connectivity index (χ2n) is 6.03. The van der Waals surface area contributed by atoms with E-state index in [4.69, 9.17) is 0 Å². The summed E-state index contributed by atoms with van der Waals surface area (Å²) in [5.74, 6) is -0.203. The normalized spacial score (nSPS) is 18.1. The van der Waals surface area contributed by atoms with Crippen molar-refractivity contribution in [1.29, 1.82) is 0 Å². The number of aliphatic carboxylic acids is 1. The molecule has 1 heterocycles. The van der Waals surface area contributed by atoms with E-state index in [2.05, 4.69) is 43.0 Å². The first-order chi connectivity index (χ1) is 9.58. The maximum absolute atomic E-state index is 11.2. The monoisotopic (exact) mass is 275 g/mol. The molecular formula is C17H25NO2. The molecule has 1 unspecified atom stereocenters. The Morgan fingerprint density at radius 3 is 2.15 bits per heavy atom. The molecule has 1 fully saturated rings. The number of hydrogen-bond donors (Lipinski definition) is 1. The Labute approximate surface area is 121 Å². The Kier molecular flexibility index (Phi) is 5.18. The lowest BCUT2D eigenvalue weighted by Gasteiger charge is -2.34. The van der Waals surface area contributed by atoms with Crippen molar-refractivity contribution in [3.05, 3.63) is 35.4 Å². The van der Waals surface area contributed by atoms with Gasteiger partial charge in [0.25, 0.3) is 0 Å². The summed E-state index contributed by atoms with van der Waals surface area (Å²) < 4.78 is 0. The number of piperidine rings is 1. The quantitative estimate of drug-likeness (QED) is 0.888. The molecule has 110 valence electrons. The first-order valence-corrected chi connectivity index (χ1v) is 7.63. The Bertz CT molecular complexity index is 433. The fourth-order valence-corrected chi connectivity index (χ4v) is 2.96. The zero-order chi connectivity index (χ0) is 14.5. The fourth-order valence-electron chi connectivity index (χ4n) is 2.96. The molecule has 0 aromatic heterocycles. The second-order valence-corrected chi connectivity index (χ2v) is 6.03. The molecule has 0 spiro atoms. The molecular weight excluding hydrogens is 250 g/mol. The Morgan fingerprint density at radius 2 is 1.65 bits per heavy atom. The highest BCUT2D eigenvalue weighted by Crippen LogP contribution is 2.28. The lowest BCUT2D eigenvalue weighted by atomic mass is 9.95. The van der Waals surface area contributed by atoms with Crippen LogP contribution in [0.5, 0.6) is 0 Å². The topological polar surface area (TPSA) is 40.5 Å². The van der Waals surface area contributed by atoms with E-state index in [0.717, 1.165) is 18.7 Å². The molecule has 0 radical (unpaired) electrons. The van der Waals surface area contributed by atoms with Crippen molar-refractivity contribution >= 4 is 5.97 Å². The molecule has 0 amide bonds. The van der Waals surface area contributed by atoms with Crippen LogP contribution >= 0.6 is 0 Å². The Morgan fingerprint density at radius 1 is 1.10 bits per heavy atom. The van der Waals surface area contributed by atoms with Gasteiger partial charge in [-0.15, -0.1) is 0 Å². The molecule has 20 heavy (non-hydrogen) atoms. The first-order valence-electron chi connectivity index (χ1n) is 7.63. The number of carboxylic acids is 1. The van der Waals surface area contributed by atoms with Crippen molar-refractivity contribution in [2.45, 2.75) is 51.5 Å². The van der Waals surface area contributed by atoms with E-state index in [0.29, 0.717) is 5.92 Å². The molecule has 1 aliphatic heterocycles. The van der Waals surface area contributed by atoms with Crippen LogP contribution in [0.2, 0.25) is 0 Å². The van der Waals surface area contributed by atoms with Gasteiger partial charge in [0.05, 0.1) is 6.42 Å². The van der Waals surface area contributed by atoms with E-state index in [1.807, 2.05) is 0 Å². The number of hydrogen-bond acceptors (Lipinski definition) is 2. The second kappa shape index (κ2) is 6.89. The van der Waals surface area contributed by atoms with E-state index >= 15 is 0 Å². The van der Waals surface area contributed by atoms with Gasteiger partial charge >= 0.3 is 5.97 Å². The summed E-state index contributed by atoms with van der Waals surface area (Å²) in [6, 6.07) is 8.51. The predicted molar refractivity (Wildman–Crippen MR) is 80.9 cm³/mol. The van der Waals surface area contributed by atoms with Crippen LogP contribution in [0.1, 0.15) is 62.6 Å². The third-order valence-electron chi connectivity index (χ3n) is 4.19. The molecule has 1 saturated heterocycles. The number of rotatable bonds is 5. The van der Waals surface area contributed by atoms with Crippen molar-refractivity contribution < 1.29 is 9.90 Å². The summed E-state index contributed by atoms with van der Waals surface area (Å²) in [6.45, 7) is 6.39. The van der Waals surface area contributed by atoms with Crippen molar-refractivity contribution in [2.75, 3.05) is 13.1 Å². The highest BCUT2D eigenvalue weighted by molar-refractivity contribution is 5.68. The maximum atomic E-state index is 11.2. The molecule has 1 aromatic carbocycles. The summed E-state index contributed by atoms with van der Waals surface area (Å²) in [5.41, 5.74) is 2.44. The van der Waals surface area contributed by atoms with E-state index in [1.54, 1.807) is 0 Å². The summed E-state index contributed by atoms with van der Waals surface area (Å²) in [6.07, 6.45) is 3.82. The highest BCUT2D eigenvalue weighted by Gasteiger charge is 2.24. The van der Waals surface area contributed by atoms with Crippen LogP contribution in [-0.4, -0.2) is 29.1 Å². The van der Waals surface area contributed by atoms with Gasteiger partial charge in [0.15, 0.2) is 0 Å². The van der Waals surface area contributed by atoms with Gasteiger partial charge in [-0.2, -0.15) is 0 Å². The van der Waals surface area contributed by atoms with Crippen molar-refractivity contribution in [3.8, 4) is 0 Å². The molecule has 1 aliphatic rings. The lowest BCUT2D eigenvalue weighted by molar-refractivity contribution is -0.138. The Hall–Kier alpha value is -1.35. The molecule has 0 aliphatic carbocycles. The van der Waals surface area contributed by atoms with Crippen molar-refractivity contribution in [3.63, 3.8) is 0 Å². The third kappa shape index (κ3) is 3.83. The van der Waals surface area contributed by atoms with Crippen LogP contribution in [0.3, 0.4) is 0 Å². The van der Waals surface area contributed by atoms with Crippen LogP contribution in [0, 0.1) is 0 Å². The highest BCUT2D eigenvalue weighted by atomic mass is 16.4. The molecule has 3 nitrogen and oxygen atoms in total. The van der Waals surface area contributed by atoms with E-state index in [1.165, 1.54) is 24.8 Å². The van der Waals surface area contributed by atoms with Gasteiger partial charge in [-0.1, -0.05) is 44.5 Å². The summed E-state index contributed by atoms with van der Waals surface area (Å²) >= 11 is 0. The van der Waals surface area contributed by atoms with Crippen molar-refractivity contribution in [1.82, 2.24) is 4.90 Å². The van der Waals surface area contributed by atoms with Gasteiger partial charge < -0.3 is 5.11 Å². The number of carbonyl (C=O) groups is 1. The SMILES string of the molecule is CC(C)c1ccc(C(CC(=O)O)N2CCCCC2)cc1. The average molecular weight is 275 g/mol. The average Bonchev–Trinajstić information content (AvgIpc) is 2.45. The number of benzene rings is 1. The van der Waals surface area contributed by atoms with Crippen LogP contribution < -0.4 is 0 Å². The fraction of sp³-hybridized carbons (Fsp3) is 0.588. The predicted octanol–water partition coefficient (Wildman–Crippen LogP) is 3.81. The van der Waals surface area contributed by atoms with Gasteiger partial charge in [0, 0.05) is 6.04 Å². The van der Waals surface area contributed by atoms with E-state index in [-0.39, 0.29) is 12.5 Å². The van der Waals surface area contributed by atoms with Gasteiger partial charge in [-0.05, 0) is 43.0 Å². The number of nitrogens with zero attached hydrogens (tertiary/aromatic N) is 1. The molecule has 0 bridgehead atoms. The van der Waals surface area contributed by atoms with Gasteiger partial charge in [0.1, 0.15) is 0 Å². The minimum Gasteiger partial charge on any atom is -0.481 e. The smallest absolute Gasteiger partial charge is 0.305 e. The first kappa shape index (κ1) is 15.0.